The van der Waals surface area contributed by atoms with Gasteiger partial charge in [-0.15, -0.1) is 0 Å². The summed E-state index contributed by atoms with van der Waals surface area (Å²) < 4.78 is 38.4. The van der Waals surface area contributed by atoms with Crippen molar-refractivity contribution in [3.8, 4) is 5.69 Å². The topological polar surface area (TPSA) is 72.6 Å². The van der Waals surface area contributed by atoms with Gasteiger partial charge in [-0.1, -0.05) is 16.8 Å². The van der Waals surface area contributed by atoms with E-state index in [1.54, 1.807) is 37.6 Å². The van der Waals surface area contributed by atoms with Crippen LogP contribution < -0.4 is 4.90 Å². The molecule has 0 aliphatic rings. The molecule has 2 heterocycles. The standard InChI is InChI=1S/C17H19ClF3N5O2S/c1-3-25(14-10-26(23-15(14)18)12-5-4-7-22-9-12)16(27)13(24-28-2)11-29-8-6-17(19,20)21/h4-5,7,9-10H,3,6,8,11H2,1-2H3. The normalized spacial score (nSPS) is 12.1. The largest absolute Gasteiger partial charge is 0.399 e. The highest BCUT2D eigenvalue weighted by Crippen LogP contribution is 2.27. The summed E-state index contributed by atoms with van der Waals surface area (Å²) in [4.78, 5) is 23.0. The zero-order valence-corrected chi connectivity index (χ0v) is 17.3. The molecule has 0 N–H and O–H groups in total. The van der Waals surface area contributed by atoms with Crippen molar-refractivity contribution in [2.75, 3.05) is 30.1 Å². The number of aromatic nitrogens is 3. The maximum Gasteiger partial charge on any atom is 0.389 e. The van der Waals surface area contributed by atoms with Crippen LogP contribution in [-0.2, 0) is 9.63 Å². The summed E-state index contributed by atoms with van der Waals surface area (Å²) in [6.45, 7) is 1.98. The summed E-state index contributed by atoms with van der Waals surface area (Å²) in [5, 5.41) is 7.97. The number of alkyl halides is 3. The van der Waals surface area contributed by atoms with E-state index in [2.05, 4.69) is 15.2 Å². The molecule has 29 heavy (non-hydrogen) atoms. The molecule has 2 aromatic heterocycles. The number of pyridine rings is 1. The van der Waals surface area contributed by atoms with Crippen molar-refractivity contribution < 1.29 is 22.8 Å². The number of thioether (sulfide) groups is 1. The van der Waals surface area contributed by atoms with E-state index in [0.717, 1.165) is 11.8 Å². The molecule has 0 aromatic carbocycles. The number of hydrogen-bond donors (Lipinski definition) is 0. The van der Waals surface area contributed by atoms with E-state index in [9.17, 15) is 18.0 Å². The minimum atomic E-state index is -4.25. The molecule has 0 aliphatic carbocycles. The number of anilines is 1. The van der Waals surface area contributed by atoms with Gasteiger partial charge < -0.3 is 9.74 Å². The Bertz CT molecular complexity index is 845. The highest BCUT2D eigenvalue weighted by Gasteiger charge is 2.28. The number of halogens is 4. The number of carbonyl (C=O) groups is 1. The number of rotatable bonds is 9. The summed E-state index contributed by atoms with van der Waals surface area (Å²) in [5.74, 6) is -0.750. The lowest BCUT2D eigenvalue weighted by Gasteiger charge is -2.20. The van der Waals surface area contributed by atoms with Crippen molar-refractivity contribution in [3.63, 3.8) is 0 Å². The van der Waals surface area contributed by atoms with Gasteiger partial charge in [0.2, 0.25) is 0 Å². The Balaban J connectivity index is 2.17. The Kier molecular flexibility index (Phi) is 8.32. The lowest BCUT2D eigenvalue weighted by molar-refractivity contribution is -0.129. The van der Waals surface area contributed by atoms with Gasteiger partial charge >= 0.3 is 6.18 Å². The number of carbonyl (C=O) groups excluding carboxylic acids is 1. The van der Waals surface area contributed by atoms with Crippen LogP contribution in [-0.4, -0.2) is 57.7 Å². The molecular weight excluding hydrogens is 431 g/mol. The molecule has 158 valence electrons. The minimum Gasteiger partial charge on any atom is -0.399 e. The average Bonchev–Trinajstić information content (AvgIpc) is 3.06. The first-order chi connectivity index (χ1) is 13.8. The maximum absolute atomic E-state index is 12.9. The van der Waals surface area contributed by atoms with Crippen LogP contribution in [0.25, 0.3) is 5.69 Å². The fourth-order valence-corrected chi connectivity index (χ4v) is 3.44. The third-order valence-corrected chi connectivity index (χ3v) is 4.87. The SMILES string of the molecule is CCN(C(=O)C(CSCCC(F)(F)F)=NOC)c1cn(-c2cccnc2)nc1Cl. The second-order valence-corrected chi connectivity index (χ2v) is 7.11. The van der Waals surface area contributed by atoms with Crippen LogP contribution in [0.4, 0.5) is 18.9 Å². The monoisotopic (exact) mass is 449 g/mol. The molecule has 0 saturated carbocycles. The molecule has 1 amide bonds. The van der Waals surface area contributed by atoms with Crippen molar-refractivity contribution in [3.05, 3.63) is 35.9 Å². The molecule has 0 fully saturated rings. The smallest absolute Gasteiger partial charge is 0.389 e. The van der Waals surface area contributed by atoms with Crippen molar-refractivity contribution >= 4 is 40.7 Å². The van der Waals surface area contributed by atoms with Crippen LogP contribution in [0.5, 0.6) is 0 Å². The molecule has 2 rings (SSSR count). The summed E-state index contributed by atoms with van der Waals surface area (Å²) >= 11 is 7.17. The summed E-state index contributed by atoms with van der Waals surface area (Å²) in [6, 6.07) is 3.50. The quantitative estimate of drug-likeness (QED) is 0.329. The predicted molar refractivity (Wildman–Crippen MR) is 107 cm³/mol. The maximum atomic E-state index is 12.9. The zero-order valence-electron chi connectivity index (χ0n) is 15.7. The van der Waals surface area contributed by atoms with Gasteiger partial charge in [-0.05, 0) is 19.1 Å². The van der Waals surface area contributed by atoms with Crippen LogP contribution in [0.1, 0.15) is 13.3 Å². The average molecular weight is 450 g/mol. The molecule has 0 spiro atoms. The van der Waals surface area contributed by atoms with E-state index in [4.69, 9.17) is 16.4 Å². The molecule has 2 aromatic rings. The van der Waals surface area contributed by atoms with Crippen LogP contribution in [0.2, 0.25) is 5.15 Å². The van der Waals surface area contributed by atoms with E-state index < -0.39 is 18.5 Å². The molecule has 0 saturated heterocycles. The summed E-state index contributed by atoms with van der Waals surface area (Å²) in [6.07, 6.45) is -0.434. The van der Waals surface area contributed by atoms with Gasteiger partial charge in [0.15, 0.2) is 10.9 Å². The molecular formula is C17H19ClF3N5O2S. The molecule has 0 bridgehead atoms. The minimum absolute atomic E-state index is 0.0216. The molecule has 0 aliphatic heterocycles. The highest BCUT2D eigenvalue weighted by molar-refractivity contribution is 8.00. The third-order valence-electron chi connectivity index (χ3n) is 3.63. The third kappa shape index (κ3) is 6.64. The first-order valence-electron chi connectivity index (χ1n) is 8.48. The van der Waals surface area contributed by atoms with Crippen molar-refractivity contribution in [1.82, 2.24) is 14.8 Å². The Morgan fingerprint density at radius 2 is 2.21 bits per heavy atom. The van der Waals surface area contributed by atoms with Gasteiger partial charge in [-0.25, -0.2) is 4.68 Å². The molecule has 0 atom stereocenters. The van der Waals surface area contributed by atoms with Gasteiger partial charge in [-0.3, -0.25) is 9.78 Å². The molecule has 0 unspecified atom stereocenters. The Morgan fingerprint density at radius 1 is 1.45 bits per heavy atom. The number of nitrogens with zero attached hydrogens (tertiary/aromatic N) is 5. The van der Waals surface area contributed by atoms with E-state index in [1.165, 1.54) is 16.7 Å². The van der Waals surface area contributed by atoms with Gasteiger partial charge in [-0.2, -0.15) is 30.0 Å². The number of oxime groups is 1. The van der Waals surface area contributed by atoms with Gasteiger partial charge in [0.1, 0.15) is 12.8 Å². The van der Waals surface area contributed by atoms with E-state index >= 15 is 0 Å². The predicted octanol–water partition coefficient (Wildman–Crippen LogP) is 3.96. The first-order valence-corrected chi connectivity index (χ1v) is 10.0. The Hall–Kier alpha value is -2.27. The van der Waals surface area contributed by atoms with Crippen LogP contribution in [0.3, 0.4) is 0 Å². The van der Waals surface area contributed by atoms with Crippen LogP contribution in [0.15, 0.2) is 35.9 Å². The van der Waals surface area contributed by atoms with Crippen molar-refractivity contribution in [2.24, 2.45) is 5.16 Å². The van der Waals surface area contributed by atoms with E-state index in [0.29, 0.717) is 11.4 Å². The zero-order chi connectivity index (χ0) is 21.4. The lowest BCUT2D eigenvalue weighted by Crippen LogP contribution is -2.37. The Labute approximate surface area is 174 Å². The van der Waals surface area contributed by atoms with Gasteiger partial charge in [0.05, 0.1) is 24.5 Å². The second kappa shape index (κ2) is 10.5. The van der Waals surface area contributed by atoms with E-state index in [1.807, 2.05) is 0 Å². The second-order valence-electron chi connectivity index (χ2n) is 5.65. The van der Waals surface area contributed by atoms with Gasteiger partial charge in [0, 0.05) is 24.2 Å². The first kappa shape index (κ1) is 23.0. The molecule has 7 nitrogen and oxygen atoms in total. The fourth-order valence-electron chi connectivity index (χ4n) is 2.32. The summed E-state index contributed by atoms with van der Waals surface area (Å²) in [5.41, 5.74) is 0.969. The van der Waals surface area contributed by atoms with Crippen LogP contribution >= 0.6 is 23.4 Å². The van der Waals surface area contributed by atoms with Crippen molar-refractivity contribution in [1.29, 1.82) is 0 Å². The Morgan fingerprint density at radius 3 is 2.79 bits per heavy atom. The van der Waals surface area contributed by atoms with Gasteiger partial charge in [0.25, 0.3) is 5.91 Å². The fraction of sp³-hybridized carbons (Fsp3) is 0.412. The van der Waals surface area contributed by atoms with E-state index in [-0.39, 0.29) is 28.9 Å². The van der Waals surface area contributed by atoms with Crippen molar-refractivity contribution in [2.45, 2.75) is 19.5 Å². The number of hydrogen-bond acceptors (Lipinski definition) is 6. The van der Waals surface area contributed by atoms with Crippen LogP contribution in [0, 0.1) is 0 Å². The highest BCUT2D eigenvalue weighted by atomic mass is 35.5. The molecule has 12 heteroatoms. The lowest BCUT2D eigenvalue weighted by atomic mass is 10.3. The number of amides is 1. The molecule has 0 radical (unpaired) electrons. The summed E-state index contributed by atoms with van der Waals surface area (Å²) in [7, 11) is 1.26.